The van der Waals surface area contributed by atoms with E-state index in [-0.39, 0.29) is 12.3 Å². The molecule has 4 nitrogen and oxygen atoms in total. The first kappa shape index (κ1) is 13.5. The number of aliphatic carboxylic acids is 1. The Balaban J connectivity index is 2.25. The highest BCUT2D eigenvalue weighted by Gasteiger charge is 2.03. The van der Waals surface area contributed by atoms with Crippen molar-refractivity contribution in [2.45, 2.75) is 25.7 Å². The van der Waals surface area contributed by atoms with E-state index in [1.165, 1.54) is 0 Å². The molecule has 92 valence electrons. The van der Waals surface area contributed by atoms with Gasteiger partial charge in [0.25, 0.3) is 0 Å². The maximum atomic E-state index is 11.5. The monoisotopic (exact) mass is 255 g/mol. The zero-order valence-electron chi connectivity index (χ0n) is 9.28. The van der Waals surface area contributed by atoms with Crippen LogP contribution in [0.5, 0.6) is 0 Å². The number of hydrogen-bond acceptors (Lipinski definition) is 2. The van der Waals surface area contributed by atoms with Gasteiger partial charge in [-0.15, -0.1) is 0 Å². The van der Waals surface area contributed by atoms with E-state index in [0.717, 1.165) is 0 Å². The van der Waals surface area contributed by atoms with Gasteiger partial charge in [0.15, 0.2) is 0 Å². The molecule has 0 fully saturated rings. The number of amides is 1. The molecule has 0 heterocycles. The van der Waals surface area contributed by atoms with E-state index < -0.39 is 5.97 Å². The highest BCUT2D eigenvalue weighted by atomic mass is 35.5. The van der Waals surface area contributed by atoms with Crippen LogP contribution in [0.4, 0.5) is 5.69 Å². The summed E-state index contributed by atoms with van der Waals surface area (Å²) in [4.78, 5) is 21.7. The number of carbonyl (C=O) groups is 2. The van der Waals surface area contributed by atoms with E-state index in [9.17, 15) is 9.59 Å². The average Bonchev–Trinajstić information content (AvgIpc) is 2.27. The van der Waals surface area contributed by atoms with E-state index in [1.807, 2.05) is 0 Å². The number of carbonyl (C=O) groups excluding carboxylic acids is 1. The number of unbranched alkanes of at least 4 members (excludes halogenated alkanes) is 1. The fourth-order valence-corrected chi connectivity index (χ4v) is 1.44. The number of anilines is 1. The van der Waals surface area contributed by atoms with E-state index in [1.54, 1.807) is 24.3 Å². The molecule has 2 N–H and O–H groups in total. The summed E-state index contributed by atoms with van der Waals surface area (Å²) in [6.07, 6.45) is 1.53. The molecule has 17 heavy (non-hydrogen) atoms. The molecule has 1 aromatic carbocycles. The summed E-state index contributed by atoms with van der Waals surface area (Å²) in [6, 6.07) is 6.83. The summed E-state index contributed by atoms with van der Waals surface area (Å²) in [5, 5.41) is 11.8. The van der Waals surface area contributed by atoms with Gasteiger partial charge in [0.1, 0.15) is 0 Å². The standard InChI is InChI=1S/C12H14ClNO3/c13-9-5-7-10(8-6-9)14-11(15)3-1-2-4-12(16)17/h5-8H,1-4H2,(H,14,15)(H,16,17). The van der Waals surface area contributed by atoms with Gasteiger partial charge in [-0.25, -0.2) is 0 Å². The number of carboxylic acids is 1. The van der Waals surface area contributed by atoms with E-state index in [2.05, 4.69) is 5.32 Å². The molecular weight excluding hydrogens is 242 g/mol. The number of nitrogens with one attached hydrogen (secondary N) is 1. The molecule has 0 aliphatic carbocycles. The minimum absolute atomic E-state index is 0.105. The molecule has 0 aliphatic heterocycles. The van der Waals surface area contributed by atoms with Crippen molar-refractivity contribution in [3.05, 3.63) is 29.3 Å². The lowest BCUT2D eigenvalue weighted by atomic mass is 10.2. The van der Waals surface area contributed by atoms with Gasteiger partial charge in [0, 0.05) is 23.6 Å². The lowest BCUT2D eigenvalue weighted by Crippen LogP contribution is -2.11. The quantitative estimate of drug-likeness (QED) is 0.768. The van der Waals surface area contributed by atoms with Crippen molar-refractivity contribution in [1.29, 1.82) is 0 Å². The van der Waals surface area contributed by atoms with Gasteiger partial charge in [-0.2, -0.15) is 0 Å². The van der Waals surface area contributed by atoms with Gasteiger partial charge in [-0.05, 0) is 37.1 Å². The predicted octanol–water partition coefficient (Wildman–Crippen LogP) is 2.92. The molecule has 0 aliphatic rings. The van der Waals surface area contributed by atoms with Crippen molar-refractivity contribution in [2.24, 2.45) is 0 Å². The number of benzene rings is 1. The van der Waals surface area contributed by atoms with Crippen LogP contribution < -0.4 is 5.32 Å². The summed E-state index contributed by atoms with van der Waals surface area (Å²) >= 11 is 5.71. The fraction of sp³-hybridized carbons (Fsp3) is 0.333. The summed E-state index contributed by atoms with van der Waals surface area (Å²) < 4.78 is 0. The van der Waals surface area contributed by atoms with Gasteiger partial charge in [-0.3, -0.25) is 9.59 Å². The second-order valence-corrected chi connectivity index (χ2v) is 4.09. The molecule has 0 aromatic heterocycles. The van der Waals surface area contributed by atoms with Gasteiger partial charge in [-0.1, -0.05) is 11.6 Å². The van der Waals surface area contributed by atoms with Crippen LogP contribution in [0.3, 0.4) is 0 Å². The fourth-order valence-electron chi connectivity index (χ4n) is 1.32. The summed E-state index contributed by atoms with van der Waals surface area (Å²) in [7, 11) is 0. The molecule has 0 radical (unpaired) electrons. The first-order chi connectivity index (χ1) is 8.08. The van der Waals surface area contributed by atoms with Crippen LogP contribution in [-0.4, -0.2) is 17.0 Å². The van der Waals surface area contributed by atoms with Gasteiger partial charge in [0.05, 0.1) is 0 Å². The number of halogens is 1. The molecule has 1 rings (SSSR count). The minimum Gasteiger partial charge on any atom is -0.481 e. The Morgan fingerprint density at radius 2 is 1.71 bits per heavy atom. The predicted molar refractivity (Wildman–Crippen MR) is 66.2 cm³/mol. The first-order valence-corrected chi connectivity index (χ1v) is 5.73. The van der Waals surface area contributed by atoms with Gasteiger partial charge >= 0.3 is 5.97 Å². The molecule has 0 atom stereocenters. The van der Waals surface area contributed by atoms with Gasteiger partial charge in [0.2, 0.25) is 5.91 Å². The molecule has 0 spiro atoms. The highest BCUT2D eigenvalue weighted by molar-refractivity contribution is 6.30. The van der Waals surface area contributed by atoms with Crippen LogP contribution in [0.15, 0.2) is 24.3 Å². The molecule has 5 heteroatoms. The van der Waals surface area contributed by atoms with Crippen LogP contribution in [-0.2, 0) is 9.59 Å². The van der Waals surface area contributed by atoms with Crippen molar-refractivity contribution in [1.82, 2.24) is 0 Å². The average molecular weight is 256 g/mol. The Morgan fingerprint density at radius 3 is 2.29 bits per heavy atom. The summed E-state index contributed by atoms with van der Waals surface area (Å²) in [6.45, 7) is 0. The molecule has 0 bridgehead atoms. The third-order valence-corrected chi connectivity index (χ3v) is 2.42. The molecular formula is C12H14ClNO3. The van der Waals surface area contributed by atoms with Crippen molar-refractivity contribution in [2.75, 3.05) is 5.32 Å². The van der Waals surface area contributed by atoms with Gasteiger partial charge < -0.3 is 10.4 Å². The van der Waals surface area contributed by atoms with E-state index in [0.29, 0.717) is 30.0 Å². The highest BCUT2D eigenvalue weighted by Crippen LogP contribution is 2.13. The van der Waals surface area contributed by atoms with Crippen LogP contribution in [0.25, 0.3) is 0 Å². The molecule has 0 saturated heterocycles. The van der Waals surface area contributed by atoms with E-state index >= 15 is 0 Å². The normalized spacial score (nSPS) is 9.94. The lowest BCUT2D eigenvalue weighted by molar-refractivity contribution is -0.137. The van der Waals surface area contributed by atoms with Crippen molar-refractivity contribution in [3.8, 4) is 0 Å². The molecule has 1 aromatic rings. The summed E-state index contributed by atoms with van der Waals surface area (Å²) in [5.74, 6) is -0.944. The first-order valence-electron chi connectivity index (χ1n) is 5.35. The minimum atomic E-state index is -0.830. The topological polar surface area (TPSA) is 66.4 Å². The SMILES string of the molecule is O=C(O)CCCCC(=O)Nc1ccc(Cl)cc1. The number of carboxylic acid groups (broad SMARTS) is 1. The molecule has 1 amide bonds. The zero-order chi connectivity index (χ0) is 12.7. The molecule has 0 saturated carbocycles. The van der Waals surface area contributed by atoms with Crippen LogP contribution >= 0.6 is 11.6 Å². The van der Waals surface area contributed by atoms with Crippen LogP contribution in [0.1, 0.15) is 25.7 Å². The molecule has 0 unspecified atom stereocenters. The van der Waals surface area contributed by atoms with E-state index in [4.69, 9.17) is 16.7 Å². The Hall–Kier alpha value is -1.55. The smallest absolute Gasteiger partial charge is 0.303 e. The second-order valence-electron chi connectivity index (χ2n) is 3.66. The number of hydrogen-bond donors (Lipinski definition) is 2. The van der Waals surface area contributed by atoms with Crippen LogP contribution in [0, 0.1) is 0 Å². The van der Waals surface area contributed by atoms with Crippen molar-refractivity contribution >= 4 is 29.2 Å². The van der Waals surface area contributed by atoms with Crippen LogP contribution in [0.2, 0.25) is 5.02 Å². The largest absolute Gasteiger partial charge is 0.481 e. The Bertz CT molecular complexity index is 389. The lowest BCUT2D eigenvalue weighted by Gasteiger charge is -2.04. The Kier molecular flexibility index (Phi) is 5.49. The third kappa shape index (κ3) is 5.92. The summed E-state index contributed by atoms with van der Waals surface area (Å²) in [5.41, 5.74) is 0.692. The maximum absolute atomic E-state index is 11.5. The van der Waals surface area contributed by atoms with Crippen molar-refractivity contribution in [3.63, 3.8) is 0 Å². The third-order valence-electron chi connectivity index (χ3n) is 2.17. The Labute approximate surface area is 105 Å². The zero-order valence-corrected chi connectivity index (χ0v) is 10.0. The maximum Gasteiger partial charge on any atom is 0.303 e. The Morgan fingerprint density at radius 1 is 1.12 bits per heavy atom. The second kappa shape index (κ2) is 6.91. The van der Waals surface area contributed by atoms with Crippen molar-refractivity contribution < 1.29 is 14.7 Å². The number of rotatable bonds is 6.